The minimum atomic E-state index is -0.672. The second kappa shape index (κ2) is 12.0. The Kier molecular flexibility index (Phi) is 8.21. The minimum absolute atomic E-state index is 0.0417. The molecule has 0 aliphatic carbocycles. The van der Waals surface area contributed by atoms with E-state index in [0.717, 1.165) is 32.9 Å². The third-order valence-electron chi connectivity index (χ3n) is 8.05. The monoisotopic (exact) mass is 542 g/mol. The van der Waals surface area contributed by atoms with Gasteiger partial charge in [0.1, 0.15) is 0 Å². The van der Waals surface area contributed by atoms with Crippen molar-refractivity contribution in [3.8, 4) is 0 Å². The van der Waals surface area contributed by atoms with Gasteiger partial charge in [0.2, 0.25) is 17.7 Å². The van der Waals surface area contributed by atoms with Gasteiger partial charge in [0.15, 0.2) is 0 Å². The van der Waals surface area contributed by atoms with Crippen LogP contribution in [0.2, 0.25) is 0 Å². The lowest BCUT2D eigenvalue weighted by Crippen LogP contribution is -2.46. The summed E-state index contributed by atoms with van der Waals surface area (Å²) < 4.78 is 0. The summed E-state index contributed by atoms with van der Waals surface area (Å²) in [5.41, 5.74) is 10.5. The third-order valence-corrected chi connectivity index (χ3v) is 8.05. The van der Waals surface area contributed by atoms with Crippen LogP contribution in [0.15, 0.2) is 60.9 Å². The molecule has 0 bridgehead atoms. The molecule has 2 aromatic heterocycles. The second-order valence-corrected chi connectivity index (χ2v) is 11.0. The van der Waals surface area contributed by atoms with Gasteiger partial charge in [-0.2, -0.15) is 0 Å². The standard InChI is InChI=1S/C31H38N6O3/c1-19(2)28(32)31(40)37-17-24(29(38)33-13-11-20-15-35-26-9-5-3-7-22(20)26)25(18-37)30(39)34-14-12-21-16-36-27-10-6-4-8-23(21)27/h3-10,15-16,19,24-25,28,35-36H,11-14,17-18,32H2,1-2H3,(H,33,38)(H,34,39)/t24-,25-,28+/m1/s1. The maximum atomic E-state index is 13.4. The van der Waals surface area contributed by atoms with Crippen molar-refractivity contribution in [2.75, 3.05) is 26.2 Å². The van der Waals surface area contributed by atoms with Crippen molar-refractivity contribution in [1.29, 1.82) is 0 Å². The Morgan fingerprint density at radius 1 is 0.825 bits per heavy atom. The Morgan fingerprint density at radius 2 is 1.27 bits per heavy atom. The van der Waals surface area contributed by atoms with Gasteiger partial charge in [-0.05, 0) is 42.0 Å². The van der Waals surface area contributed by atoms with E-state index in [9.17, 15) is 14.4 Å². The molecule has 0 saturated carbocycles. The van der Waals surface area contributed by atoms with Gasteiger partial charge in [0.25, 0.3) is 0 Å². The molecule has 1 fully saturated rings. The molecule has 0 radical (unpaired) electrons. The summed E-state index contributed by atoms with van der Waals surface area (Å²) in [6.07, 6.45) is 5.24. The van der Waals surface area contributed by atoms with Crippen LogP contribution < -0.4 is 16.4 Å². The van der Waals surface area contributed by atoms with E-state index in [1.807, 2.05) is 62.6 Å². The molecule has 9 heteroatoms. The van der Waals surface area contributed by atoms with Gasteiger partial charge in [-0.3, -0.25) is 14.4 Å². The fourth-order valence-corrected chi connectivity index (χ4v) is 5.59. The number of hydrogen-bond acceptors (Lipinski definition) is 4. The van der Waals surface area contributed by atoms with Gasteiger partial charge >= 0.3 is 0 Å². The van der Waals surface area contributed by atoms with Gasteiger partial charge in [-0.1, -0.05) is 50.2 Å². The Labute approximate surface area is 233 Å². The number of H-pyrrole nitrogens is 2. The summed E-state index contributed by atoms with van der Waals surface area (Å²) in [7, 11) is 0. The summed E-state index contributed by atoms with van der Waals surface area (Å²) >= 11 is 0. The summed E-state index contributed by atoms with van der Waals surface area (Å²) in [5.74, 6) is -1.98. The van der Waals surface area contributed by atoms with Gasteiger partial charge in [-0.15, -0.1) is 0 Å². The number of fused-ring (bicyclic) bond motifs is 2. The van der Waals surface area contributed by atoms with Crippen LogP contribution >= 0.6 is 0 Å². The third kappa shape index (κ3) is 5.74. The molecular weight excluding hydrogens is 504 g/mol. The molecule has 6 N–H and O–H groups in total. The molecule has 3 heterocycles. The maximum Gasteiger partial charge on any atom is 0.239 e. The molecule has 1 saturated heterocycles. The van der Waals surface area contributed by atoms with E-state index >= 15 is 0 Å². The van der Waals surface area contributed by atoms with Crippen molar-refractivity contribution >= 4 is 39.5 Å². The topological polar surface area (TPSA) is 136 Å². The van der Waals surface area contributed by atoms with Crippen LogP contribution in [0, 0.1) is 17.8 Å². The summed E-state index contributed by atoms with van der Waals surface area (Å²) in [6, 6.07) is 15.4. The molecule has 0 spiro atoms. The van der Waals surface area contributed by atoms with Crippen molar-refractivity contribution < 1.29 is 14.4 Å². The Balaban J connectivity index is 1.22. The van der Waals surface area contributed by atoms with Crippen molar-refractivity contribution in [2.24, 2.45) is 23.5 Å². The van der Waals surface area contributed by atoms with E-state index in [2.05, 4.69) is 32.7 Å². The van der Waals surface area contributed by atoms with Gasteiger partial charge < -0.3 is 31.2 Å². The lowest BCUT2D eigenvalue weighted by Gasteiger charge is -2.23. The van der Waals surface area contributed by atoms with E-state index < -0.39 is 17.9 Å². The van der Waals surface area contributed by atoms with Gasteiger partial charge in [0.05, 0.1) is 17.9 Å². The molecule has 3 atom stereocenters. The van der Waals surface area contributed by atoms with Crippen LogP contribution in [0.5, 0.6) is 0 Å². The van der Waals surface area contributed by atoms with Crippen molar-refractivity contribution in [2.45, 2.75) is 32.7 Å². The molecule has 5 rings (SSSR count). The molecule has 4 aromatic rings. The highest BCUT2D eigenvalue weighted by atomic mass is 16.2. The number of nitrogens with two attached hydrogens (primary N) is 1. The predicted octanol–water partition coefficient (Wildman–Crippen LogP) is 2.72. The lowest BCUT2D eigenvalue weighted by atomic mass is 9.94. The average molecular weight is 543 g/mol. The molecule has 1 aliphatic rings. The smallest absolute Gasteiger partial charge is 0.239 e. The molecule has 210 valence electrons. The molecule has 3 amide bonds. The zero-order valence-corrected chi connectivity index (χ0v) is 23.1. The average Bonchev–Trinajstić information content (AvgIpc) is 3.69. The van der Waals surface area contributed by atoms with E-state index in [1.165, 1.54) is 0 Å². The number of aromatic nitrogens is 2. The Hall–Kier alpha value is -4.11. The van der Waals surface area contributed by atoms with Crippen molar-refractivity contribution in [3.05, 3.63) is 72.1 Å². The molecule has 40 heavy (non-hydrogen) atoms. The van der Waals surface area contributed by atoms with Crippen LogP contribution in [0.25, 0.3) is 21.8 Å². The first-order valence-corrected chi connectivity index (χ1v) is 14.0. The van der Waals surface area contributed by atoms with Gasteiger partial charge in [0, 0.05) is 60.4 Å². The number of hydrogen-bond donors (Lipinski definition) is 5. The highest BCUT2D eigenvalue weighted by molar-refractivity contribution is 5.91. The number of nitrogens with zero attached hydrogens (tertiary/aromatic N) is 1. The Morgan fingerprint density at radius 3 is 1.73 bits per heavy atom. The number of nitrogens with one attached hydrogen (secondary N) is 4. The number of aromatic amines is 2. The zero-order valence-electron chi connectivity index (χ0n) is 23.1. The number of para-hydroxylation sites is 2. The maximum absolute atomic E-state index is 13.4. The number of amides is 3. The number of carbonyl (C=O) groups is 3. The van der Waals surface area contributed by atoms with Crippen LogP contribution in [0.1, 0.15) is 25.0 Å². The van der Waals surface area contributed by atoms with E-state index in [1.54, 1.807) is 4.90 Å². The fourth-order valence-electron chi connectivity index (χ4n) is 5.59. The molecule has 2 aromatic carbocycles. The number of rotatable bonds is 10. The fraction of sp³-hybridized carbons (Fsp3) is 0.387. The van der Waals surface area contributed by atoms with E-state index in [4.69, 9.17) is 5.73 Å². The first-order chi connectivity index (χ1) is 19.3. The van der Waals surface area contributed by atoms with Crippen molar-refractivity contribution in [3.63, 3.8) is 0 Å². The summed E-state index contributed by atoms with van der Waals surface area (Å²) in [4.78, 5) is 47.9. The normalized spacial score (nSPS) is 17.9. The molecular formula is C31H38N6O3. The number of carbonyl (C=O) groups excluding carboxylic acids is 3. The molecule has 0 unspecified atom stereocenters. The highest BCUT2D eigenvalue weighted by Gasteiger charge is 2.44. The largest absolute Gasteiger partial charge is 0.361 e. The lowest BCUT2D eigenvalue weighted by molar-refractivity contribution is -0.133. The summed E-state index contributed by atoms with van der Waals surface area (Å²) in [5, 5.41) is 8.29. The first kappa shape index (κ1) is 27.5. The zero-order chi connectivity index (χ0) is 28.2. The SMILES string of the molecule is CC(C)[C@H](N)C(=O)N1C[C@@H](C(=O)NCCc2c[nH]c3ccccc23)[C@H](C(=O)NCCc2c[nH]c3ccccc23)C1. The number of likely N-dealkylation sites (tertiary alicyclic amines) is 1. The second-order valence-electron chi connectivity index (χ2n) is 11.0. The predicted molar refractivity (Wildman–Crippen MR) is 156 cm³/mol. The van der Waals surface area contributed by atoms with Crippen LogP contribution in [0.3, 0.4) is 0 Å². The van der Waals surface area contributed by atoms with E-state index in [-0.39, 0.29) is 36.7 Å². The highest BCUT2D eigenvalue weighted by Crippen LogP contribution is 2.26. The number of benzene rings is 2. The van der Waals surface area contributed by atoms with Crippen LogP contribution in [-0.2, 0) is 27.2 Å². The van der Waals surface area contributed by atoms with E-state index in [0.29, 0.717) is 25.9 Å². The quantitative estimate of drug-likeness (QED) is 0.211. The Bertz CT molecular complexity index is 1410. The molecule has 9 nitrogen and oxygen atoms in total. The summed E-state index contributed by atoms with van der Waals surface area (Å²) in [6.45, 7) is 5.01. The molecule has 1 aliphatic heterocycles. The van der Waals surface area contributed by atoms with Crippen LogP contribution in [-0.4, -0.2) is 64.8 Å². The first-order valence-electron chi connectivity index (χ1n) is 14.0. The minimum Gasteiger partial charge on any atom is -0.361 e. The van der Waals surface area contributed by atoms with Crippen molar-refractivity contribution in [1.82, 2.24) is 25.5 Å². The van der Waals surface area contributed by atoms with Crippen LogP contribution in [0.4, 0.5) is 0 Å². The van der Waals surface area contributed by atoms with Gasteiger partial charge in [-0.25, -0.2) is 0 Å².